The third kappa shape index (κ3) is 5.17. The molecule has 0 saturated carbocycles. The van der Waals surface area contributed by atoms with Gasteiger partial charge in [-0.15, -0.1) is 0 Å². The van der Waals surface area contributed by atoms with E-state index < -0.39 is 12.1 Å². The lowest BCUT2D eigenvalue weighted by molar-refractivity contribution is -0.192. The standard InChI is InChI=1S/C19H21N3O.C2HF3O2/c23-13-16-7-4-10-22(16)12-14-5-3-6-15(11-14)19-17-8-1-2-9-18(17)20-21-19;3-2(4,5)1(6)7/h1-3,5-6,8-9,11,16,23H,4,7,10,12-13H2,(H,20,21);(H,6,7)/t16-;/m0./s1. The number of carboxylic acid groups (broad SMARTS) is 1. The predicted molar refractivity (Wildman–Crippen MR) is 106 cm³/mol. The number of nitrogens with zero attached hydrogens (tertiary/aromatic N) is 2. The summed E-state index contributed by atoms with van der Waals surface area (Å²) < 4.78 is 31.7. The molecule has 0 amide bonds. The second-order valence-electron chi connectivity index (χ2n) is 7.07. The Kier molecular flexibility index (Phi) is 6.73. The van der Waals surface area contributed by atoms with Crippen molar-refractivity contribution in [2.75, 3.05) is 13.2 Å². The minimum absolute atomic E-state index is 0.254. The van der Waals surface area contributed by atoms with E-state index in [-0.39, 0.29) is 6.61 Å². The van der Waals surface area contributed by atoms with Crippen molar-refractivity contribution in [3.63, 3.8) is 0 Å². The van der Waals surface area contributed by atoms with Crippen LogP contribution in [0.1, 0.15) is 18.4 Å². The summed E-state index contributed by atoms with van der Waals surface area (Å²) in [6.07, 6.45) is -2.81. The highest BCUT2D eigenvalue weighted by Crippen LogP contribution is 2.27. The topological polar surface area (TPSA) is 89.4 Å². The summed E-state index contributed by atoms with van der Waals surface area (Å²) in [5, 5.41) is 25.4. The van der Waals surface area contributed by atoms with Crippen molar-refractivity contribution in [1.29, 1.82) is 0 Å². The third-order valence-electron chi connectivity index (χ3n) is 5.01. The number of aromatic amines is 1. The summed E-state index contributed by atoms with van der Waals surface area (Å²) in [6, 6.07) is 17.1. The Morgan fingerprint density at radius 1 is 1.20 bits per heavy atom. The molecule has 6 nitrogen and oxygen atoms in total. The van der Waals surface area contributed by atoms with Crippen LogP contribution in [0, 0.1) is 0 Å². The van der Waals surface area contributed by atoms with Crippen LogP contribution in [0.5, 0.6) is 0 Å². The molecule has 1 atom stereocenters. The Bertz CT molecular complexity index is 1000. The average molecular weight is 421 g/mol. The van der Waals surface area contributed by atoms with Gasteiger partial charge in [-0.1, -0.05) is 36.4 Å². The number of aliphatic hydroxyl groups excluding tert-OH is 1. The van der Waals surface area contributed by atoms with Crippen molar-refractivity contribution in [2.24, 2.45) is 0 Å². The van der Waals surface area contributed by atoms with Crippen LogP contribution in [0.15, 0.2) is 48.5 Å². The van der Waals surface area contributed by atoms with E-state index in [0.717, 1.165) is 41.7 Å². The van der Waals surface area contributed by atoms with Crippen molar-refractivity contribution in [3.05, 3.63) is 54.1 Å². The number of aromatic nitrogens is 2. The summed E-state index contributed by atoms with van der Waals surface area (Å²) in [7, 11) is 0. The molecule has 1 aliphatic rings. The number of para-hydroxylation sites is 1. The molecule has 3 aromatic rings. The van der Waals surface area contributed by atoms with Crippen LogP contribution in [0.2, 0.25) is 0 Å². The molecular formula is C21H22F3N3O3. The van der Waals surface area contributed by atoms with Gasteiger partial charge in [0.1, 0.15) is 0 Å². The zero-order valence-corrected chi connectivity index (χ0v) is 16.1. The number of halogens is 3. The zero-order chi connectivity index (χ0) is 21.7. The number of hydrogen-bond acceptors (Lipinski definition) is 4. The Morgan fingerprint density at radius 2 is 1.93 bits per heavy atom. The van der Waals surface area contributed by atoms with Crippen LogP contribution in [0.25, 0.3) is 22.2 Å². The molecule has 0 bridgehead atoms. The molecule has 2 aromatic carbocycles. The molecule has 0 radical (unpaired) electrons. The minimum atomic E-state index is -5.08. The summed E-state index contributed by atoms with van der Waals surface area (Å²) in [4.78, 5) is 11.3. The summed E-state index contributed by atoms with van der Waals surface area (Å²) in [6.45, 7) is 2.21. The van der Waals surface area contributed by atoms with E-state index in [1.807, 2.05) is 18.2 Å². The van der Waals surface area contributed by atoms with Crippen molar-refractivity contribution in [2.45, 2.75) is 31.6 Å². The molecule has 2 heterocycles. The first-order valence-electron chi connectivity index (χ1n) is 9.47. The van der Waals surface area contributed by atoms with E-state index in [1.165, 1.54) is 12.0 Å². The number of carboxylic acids is 1. The number of benzene rings is 2. The highest BCUT2D eigenvalue weighted by atomic mass is 19.4. The molecule has 0 spiro atoms. The smallest absolute Gasteiger partial charge is 0.475 e. The molecule has 30 heavy (non-hydrogen) atoms. The highest BCUT2D eigenvalue weighted by Gasteiger charge is 2.38. The molecule has 1 fully saturated rings. The van der Waals surface area contributed by atoms with Crippen LogP contribution in [0.3, 0.4) is 0 Å². The lowest BCUT2D eigenvalue weighted by atomic mass is 10.0. The number of aliphatic carboxylic acids is 1. The van der Waals surface area contributed by atoms with E-state index in [9.17, 15) is 18.3 Å². The van der Waals surface area contributed by atoms with Crippen LogP contribution in [-0.2, 0) is 11.3 Å². The van der Waals surface area contributed by atoms with E-state index >= 15 is 0 Å². The molecular weight excluding hydrogens is 399 g/mol. The maximum atomic E-state index is 10.6. The zero-order valence-electron chi connectivity index (χ0n) is 16.1. The second kappa shape index (κ2) is 9.27. The molecule has 4 rings (SSSR count). The van der Waals surface area contributed by atoms with Crippen LogP contribution in [-0.4, -0.2) is 56.6 Å². The quantitative estimate of drug-likeness (QED) is 0.596. The monoisotopic (exact) mass is 421 g/mol. The van der Waals surface area contributed by atoms with Crippen LogP contribution < -0.4 is 0 Å². The first-order chi connectivity index (χ1) is 14.3. The molecule has 160 valence electrons. The van der Waals surface area contributed by atoms with Gasteiger partial charge in [-0.05, 0) is 37.1 Å². The van der Waals surface area contributed by atoms with Gasteiger partial charge in [0.25, 0.3) is 0 Å². The number of H-pyrrole nitrogens is 1. The van der Waals surface area contributed by atoms with Gasteiger partial charge in [0.2, 0.25) is 0 Å². The molecule has 9 heteroatoms. The Morgan fingerprint density at radius 3 is 2.63 bits per heavy atom. The average Bonchev–Trinajstić information content (AvgIpc) is 3.34. The lowest BCUT2D eigenvalue weighted by Crippen LogP contribution is -2.31. The fraction of sp³-hybridized carbons (Fsp3) is 0.333. The fourth-order valence-corrected chi connectivity index (χ4v) is 3.55. The van der Waals surface area contributed by atoms with Gasteiger partial charge in [-0.3, -0.25) is 10.00 Å². The minimum Gasteiger partial charge on any atom is -0.475 e. The Balaban J connectivity index is 0.000000318. The number of fused-ring (bicyclic) bond motifs is 1. The first kappa shape index (κ1) is 21.8. The van der Waals surface area contributed by atoms with Crippen LogP contribution in [0.4, 0.5) is 13.2 Å². The summed E-state index contributed by atoms with van der Waals surface area (Å²) in [5.41, 5.74) is 4.48. The summed E-state index contributed by atoms with van der Waals surface area (Å²) >= 11 is 0. The molecule has 0 unspecified atom stereocenters. The van der Waals surface area contributed by atoms with Crippen molar-refractivity contribution in [3.8, 4) is 11.3 Å². The first-order valence-corrected chi connectivity index (χ1v) is 9.47. The van der Waals surface area contributed by atoms with Gasteiger partial charge < -0.3 is 10.2 Å². The fourth-order valence-electron chi connectivity index (χ4n) is 3.55. The van der Waals surface area contributed by atoms with E-state index in [2.05, 4.69) is 45.4 Å². The van der Waals surface area contributed by atoms with Crippen molar-refractivity contribution >= 4 is 16.9 Å². The maximum Gasteiger partial charge on any atom is 0.490 e. The molecule has 1 aromatic heterocycles. The third-order valence-corrected chi connectivity index (χ3v) is 5.01. The number of aliphatic hydroxyl groups is 1. The van der Waals surface area contributed by atoms with Gasteiger partial charge in [0.15, 0.2) is 0 Å². The Hall–Kier alpha value is -2.91. The summed E-state index contributed by atoms with van der Waals surface area (Å²) in [5.74, 6) is -2.76. The van der Waals surface area contributed by atoms with Crippen molar-refractivity contribution in [1.82, 2.24) is 15.1 Å². The lowest BCUT2D eigenvalue weighted by Gasteiger charge is -2.22. The van der Waals surface area contributed by atoms with E-state index in [0.29, 0.717) is 6.04 Å². The van der Waals surface area contributed by atoms with Gasteiger partial charge in [0.05, 0.1) is 17.8 Å². The number of carbonyl (C=O) groups is 1. The second-order valence-corrected chi connectivity index (χ2v) is 7.07. The SMILES string of the molecule is O=C(O)C(F)(F)F.OC[C@@H]1CCCN1Cc1cccc(-c2n[nH]c3ccccc23)c1. The van der Waals surface area contributed by atoms with Gasteiger partial charge in [-0.25, -0.2) is 4.79 Å². The molecule has 0 aliphatic carbocycles. The van der Waals surface area contributed by atoms with E-state index in [1.54, 1.807) is 0 Å². The number of hydrogen-bond donors (Lipinski definition) is 3. The molecule has 3 N–H and O–H groups in total. The predicted octanol–water partition coefficient (Wildman–Crippen LogP) is 3.82. The molecule has 1 aliphatic heterocycles. The number of alkyl halides is 3. The van der Waals surface area contributed by atoms with Crippen LogP contribution >= 0.6 is 0 Å². The van der Waals surface area contributed by atoms with E-state index in [4.69, 9.17) is 9.90 Å². The Labute approximate surface area is 170 Å². The van der Waals surface area contributed by atoms with Crippen molar-refractivity contribution < 1.29 is 28.2 Å². The maximum absolute atomic E-state index is 10.6. The normalized spacial score (nSPS) is 17.0. The van der Waals surface area contributed by atoms with Gasteiger partial charge in [-0.2, -0.15) is 18.3 Å². The number of nitrogens with one attached hydrogen (secondary N) is 1. The molecule has 1 saturated heterocycles. The van der Waals surface area contributed by atoms with Gasteiger partial charge in [0, 0.05) is 23.5 Å². The van der Waals surface area contributed by atoms with Gasteiger partial charge >= 0.3 is 12.1 Å². The highest BCUT2D eigenvalue weighted by molar-refractivity contribution is 5.92. The number of likely N-dealkylation sites (tertiary alicyclic amines) is 1. The largest absolute Gasteiger partial charge is 0.490 e. The number of rotatable bonds is 4.